The van der Waals surface area contributed by atoms with Crippen molar-refractivity contribution in [2.75, 3.05) is 13.2 Å². The van der Waals surface area contributed by atoms with Crippen molar-refractivity contribution in [2.24, 2.45) is 5.92 Å². The Morgan fingerprint density at radius 1 is 1.35 bits per heavy atom. The lowest BCUT2D eigenvalue weighted by molar-refractivity contribution is -0.166. The third-order valence-electron chi connectivity index (χ3n) is 4.80. The predicted molar refractivity (Wildman–Crippen MR) is 99.7 cm³/mol. The summed E-state index contributed by atoms with van der Waals surface area (Å²) in [6.45, 7) is 2.51. The van der Waals surface area contributed by atoms with E-state index in [0.29, 0.717) is 23.8 Å². The predicted octanol–water partition coefficient (Wildman–Crippen LogP) is 3.37. The Morgan fingerprint density at radius 2 is 2.08 bits per heavy atom. The standard InChI is InChI=1S/C20H26ClNO4/c1-2-25-20-16(4-3-11-23)17(13-5-7-14(21)8-6-13)12-18(26-20)19(24)22-15-9-10-15/h5-8,12,15-17,20,23H,2-4,9-11H2,1H3,(H,22,24)/t16-,17-,20-/m0/s1. The van der Waals surface area contributed by atoms with Crippen LogP contribution in [0.15, 0.2) is 36.1 Å². The van der Waals surface area contributed by atoms with E-state index >= 15 is 0 Å². The molecule has 26 heavy (non-hydrogen) atoms. The first-order valence-electron chi connectivity index (χ1n) is 9.29. The molecule has 5 nitrogen and oxygen atoms in total. The molecule has 1 aliphatic heterocycles. The van der Waals surface area contributed by atoms with Gasteiger partial charge in [0.05, 0.1) is 0 Å². The molecule has 1 fully saturated rings. The van der Waals surface area contributed by atoms with Gasteiger partial charge in [0.15, 0.2) is 5.76 Å². The zero-order chi connectivity index (χ0) is 18.5. The molecule has 1 aromatic carbocycles. The second-order valence-electron chi connectivity index (χ2n) is 6.83. The lowest BCUT2D eigenvalue weighted by Gasteiger charge is -2.37. The first-order chi connectivity index (χ1) is 12.6. The van der Waals surface area contributed by atoms with E-state index in [9.17, 15) is 9.90 Å². The lowest BCUT2D eigenvalue weighted by atomic mass is 9.80. The number of ether oxygens (including phenoxy) is 2. The van der Waals surface area contributed by atoms with Gasteiger partial charge in [0.25, 0.3) is 5.91 Å². The van der Waals surface area contributed by atoms with Crippen molar-refractivity contribution in [3.8, 4) is 0 Å². The van der Waals surface area contributed by atoms with E-state index in [-0.39, 0.29) is 30.4 Å². The first-order valence-corrected chi connectivity index (χ1v) is 9.67. The van der Waals surface area contributed by atoms with Gasteiger partial charge in [-0.25, -0.2) is 0 Å². The van der Waals surface area contributed by atoms with Crippen molar-refractivity contribution >= 4 is 17.5 Å². The second kappa shape index (κ2) is 8.89. The molecule has 1 saturated carbocycles. The van der Waals surface area contributed by atoms with Crippen LogP contribution in [-0.2, 0) is 14.3 Å². The number of rotatable bonds is 8. The van der Waals surface area contributed by atoms with Crippen LogP contribution in [0.1, 0.15) is 44.1 Å². The second-order valence-corrected chi connectivity index (χ2v) is 7.26. The van der Waals surface area contributed by atoms with E-state index in [2.05, 4.69) is 5.32 Å². The van der Waals surface area contributed by atoms with E-state index in [0.717, 1.165) is 24.8 Å². The Bertz CT molecular complexity index is 642. The SMILES string of the molecule is CCO[C@H]1OC(C(=O)NC2CC2)=C[C@@H](c2ccc(Cl)cc2)[C@@H]1CCCO. The maximum Gasteiger partial charge on any atom is 0.286 e. The number of carbonyl (C=O) groups excluding carboxylic acids is 1. The number of hydrogen-bond acceptors (Lipinski definition) is 4. The molecule has 3 rings (SSSR count). The minimum absolute atomic E-state index is 0.0146. The third-order valence-corrected chi connectivity index (χ3v) is 5.05. The summed E-state index contributed by atoms with van der Waals surface area (Å²) in [5.74, 6) is 0.108. The zero-order valence-electron chi connectivity index (χ0n) is 15.0. The van der Waals surface area contributed by atoms with Crippen molar-refractivity contribution in [2.45, 2.75) is 50.9 Å². The first kappa shape index (κ1) is 19.2. The molecule has 3 atom stereocenters. The van der Waals surface area contributed by atoms with Crippen LogP contribution >= 0.6 is 11.6 Å². The average molecular weight is 380 g/mol. The summed E-state index contributed by atoms with van der Waals surface area (Å²) < 4.78 is 11.7. The molecule has 2 N–H and O–H groups in total. The van der Waals surface area contributed by atoms with Crippen LogP contribution in [0, 0.1) is 5.92 Å². The molecule has 0 spiro atoms. The average Bonchev–Trinajstić information content (AvgIpc) is 3.45. The van der Waals surface area contributed by atoms with E-state index in [4.69, 9.17) is 21.1 Å². The number of aliphatic hydroxyl groups excluding tert-OH is 1. The number of amides is 1. The van der Waals surface area contributed by atoms with Crippen molar-refractivity contribution < 1.29 is 19.4 Å². The van der Waals surface area contributed by atoms with Gasteiger partial charge in [-0.05, 0) is 56.4 Å². The minimum Gasteiger partial charge on any atom is -0.459 e. The number of nitrogens with one attached hydrogen (secondary N) is 1. The fraction of sp³-hybridized carbons (Fsp3) is 0.550. The van der Waals surface area contributed by atoms with Crippen LogP contribution in [0.25, 0.3) is 0 Å². The molecule has 1 aliphatic carbocycles. The number of halogens is 1. The molecule has 0 aromatic heterocycles. The van der Waals surface area contributed by atoms with Crippen LogP contribution in [0.3, 0.4) is 0 Å². The molecule has 2 aliphatic rings. The van der Waals surface area contributed by atoms with Gasteiger partial charge in [-0.1, -0.05) is 23.7 Å². The molecule has 0 unspecified atom stereocenters. The van der Waals surface area contributed by atoms with Crippen molar-refractivity contribution in [1.82, 2.24) is 5.32 Å². The Balaban J connectivity index is 1.90. The van der Waals surface area contributed by atoms with Gasteiger partial charge in [0.1, 0.15) is 0 Å². The lowest BCUT2D eigenvalue weighted by Crippen LogP contribution is -2.39. The Morgan fingerprint density at radius 3 is 2.69 bits per heavy atom. The summed E-state index contributed by atoms with van der Waals surface area (Å²) in [5, 5.41) is 12.9. The molecule has 1 heterocycles. The zero-order valence-corrected chi connectivity index (χ0v) is 15.7. The van der Waals surface area contributed by atoms with E-state index in [1.807, 2.05) is 37.3 Å². The van der Waals surface area contributed by atoms with E-state index in [1.165, 1.54) is 0 Å². The highest BCUT2D eigenvalue weighted by molar-refractivity contribution is 6.30. The highest BCUT2D eigenvalue weighted by Crippen LogP contribution is 2.39. The normalized spacial score (nSPS) is 25.3. The fourth-order valence-electron chi connectivity index (χ4n) is 3.31. The fourth-order valence-corrected chi connectivity index (χ4v) is 3.44. The van der Waals surface area contributed by atoms with Crippen LogP contribution in [0.5, 0.6) is 0 Å². The molecular formula is C20H26ClNO4. The molecule has 142 valence electrons. The summed E-state index contributed by atoms with van der Waals surface area (Å²) in [6.07, 6.45) is 4.80. The molecule has 1 aromatic rings. The molecular weight excluding hydrogens is 354 g/mol. The summed E-state index contributed by atoms with van der Waals surface area (Å²) >= 11 is 6.03. The maximum atomic E-state index is 12.5. The summed E-state index contributed by atoms with van der Waals surface area (Å²) in [4.78, 5) is 12.5. The maximum absolute atomic E-state index is 12.5. The number of hydrogen-bond donors (Lipinski definition) is 2. The van der Waals surface area contributed by atoms with Crippen molar-refractivity contribution in [3.63, 3.8) is 0 Å². The molecule has 6 heteroatoms. The highest BCUT2D eigenvalue weighted by atomic mass is 35.5. The van der Waals surface area contributed by atoms with Crippen molar-refractivity contribution in [1.29, 1.82) is 0 Å². The molecule has 0 radical (unpaired) electrons. The van der Waals surface area contributed by atoms with Gasteiger partial charge in [-0.2, -0.15) is 0 Å². The van der Waals surface area contributed by atoms with Crippen molar-refractivity contribution in [3.05, 3.63) is 46.7 Å². The Labute approximate surface area is 159 Å². The summed E-state index contributed by atoms with van der Waals surface area (Å²) in [6, 6.07) is 7.91. The van der Waals surface area contributed by atoms with Crippen LogP contribution in [-0.4, -0.2) is 36.6 Å². The smallest absolute Gasteiger partial charge is 0.286 e. The Kier molecular flexibility index (Phi) is 6.57. The van der Waals surface area contributed by atoms with Gasteiger partial charge < -0.3 is 19.9 Å². The van der Waals surface area contributed by atoms with Gasteiger partial charge >= 0.3 is 0 Å². The van der Waals surface area contributed by atoms with Crippen LogP contribution in [0.4, 0.5) is 0 Å². The largest absolute Gasteiger partial charge is 0.459 e. The molecule has 0 saturated heterocycles. The molecule has 1 amide bonds. The Hall–Kier alpha value is -1.56. The van der Waals surface area contributed by atoms with Gasteiger partial charge in [0, 0.05) is 36.1 Å². The van der Waals surface area contributed by atoms with Gasteiger partial charge in [-0.3, -0.25) is 4.79 Å². The van der Waals surface area contributed by atoms with E-state index < -0.39 is 6.29 Å². The van der Waals surface area contributed by atoms with Crippen LogP contribution < -0.4 is 5.32 Å². The molecule has 0 bridgehead atoms. The quantitative estimate of drug-likeness (QED) is 0.726. The van der Waals surface area contributed by atoms with E-state index in [1.54, 1.807) is 0 Å². The topological polar surface area (TPSA) is 67.8 Å². The van der Waals surface area contributed by atoms with Gasteiger partial charge in [0.2, 0.25) is 6.29 Å². The summed E-state index contributed by atoms with van der Waals surface area (Å²) in [7, 11) is 0. The third kappa shape index (κ3) is 4.78. The van der Waals surface area contributed by atoms with Gasteiger partial charge in [-0.15, -0.1) is 0 Å². The number of aliphatic hydroxyl groups is 1. The number of benzene rings is 1. The van der Waals surface area contributed by atoms with Crippen LogP contribution in [0.2, 0.25) is 5.02 Å². The number of carbonyl (C=O) groups is 1. The highest BCUT2D eigenvalue weighted by Gasteiger charge is 2.38. The minimum atomic E-state index is -0.516. The number of allylic oxidation sites excluding steroid dienone is 1. The summed E-state index contributed by atoms with van der Waals surface area (Å²) in [5.41, 5.74) is 1.06. The monoisotopic (exact) mass is 379 g/mol.